The van der Waals surface area contributed by atoms with Gasteiger partial charge in [-0.3, -0.25) is 38.9 Å². The Hall–Kier alpha value is -6.04. The second kappa shape index (κ2) is 20.2. The molecule has 2 aromatic carbocycles. The normalized spacial score (nSPS) is 22.3. The molecule has 4 aliphatic rings. The second-order valence-corrected chi connectivity index (χ2v) is 22.5. The molecule has 1 spiro atoms. The first-order chi connectivity index (χ1) is 33.6. The van der Waals surface area contributed by atoms with Crippen LogP contribution in [0, 0.1) is 28.6 Å². The highest BCUT2D eigenvalue weighted by Gasteiger charge is 2.54. The van der Waals surface area contributed by atoms with Crippen LogP contribution in [0.1, 0.15) is 111 Å². The number of hydrazine groups is 1. The van der Waals surface area contributed by atoms with E-state index < -0.39 is 46.4 Å². The van der Waals surface area contributed by atoms with Crippen molar-refractivity contribution >= 4 is 40.5 Å². The van der Waals surface area contributed by atoms with Crippen LogP contribution in [-0.4, -0.2) is 129 Å². The number of amides is 4. The van der Waals surface area contributed by atoms with Gasteiger partial charge < -0.3 is 24.4 Å². The van der Waals surface area contributed by atoms with E-state index in [9.17, 15) is 24.0 Å². The number of likely N-dealkylation sites (tertiary alicyclic amines) is 2. The van der Waals surface area contributed by atoms with Gasteiger partial charge in [0.1, 0.15) is 18.1 Å². The van der Waals surface area contributed by atoms with Crippen molar-refractivity contribution in [2.45, 2.75) is 137 Å². The van der Waals surface area contributed by atoms with E-state index in [0.717, 1.165) is 51.1 Å². The Balaban J connectivity index is 1.13. The number of esters is 1. The lowest BCUT2D eigenvalue weighted by atomic mass is 9.83. The number of ether oxygens (including phenoxy) is 1. The summed E-state index contributed by atoms with van der Waals surface area (Å²) >= 11 is 0. The van der Waals surface area contributed by atoms with Gasteiger partial charge >= 0.3 is 5.97 Å². The molecule has 0 saturated carbocycles. The number of nitrogens with zero attached hydrogens (tertiary/aromatic N) is 6. The largest absolute Gasteiger partial charge is 0.464 e. The molecule has 8 rings (SSSR count). The van der Waals surface area contributed by atoms with E-state index in [2.05, 4.69) is 98.2 Å². The molecule has 4 aliphatic heterocycles. The summed E-state index contributed by atoms with van der Waals surface area (Å²) in [6.07, 6.45) is 4.68. The van der Waals surface area contributed by atoms with Crippen LogP contribution >= 0.6 is 0 Å². The van der Waals surface area contributed by atoms with Crippen LogP contribution in [0.4, 0.5) is 0 Å². The molecule has 14 nitrogen and oxygen atoms in total. The summed E-state index contributed by atoms with van der Waals surface area (Å²) in [7, 11) is 3.83. The number of rotatable bonds is 8. The van der Waals surface area contributed by atoms with Gasteiger partial charge in [0.05, 0.1) is 28.9 Å². The Labute approximate surface area is 420 Å². The van der Waals surface area contributed by atoms with Gasteiger partial charge in [0, 0.05) is 67.2 Å². The van der Waals surface area contributed by atoms with Crippen LogP contribution in [0.25, 0.3) is 33.3 Å². The van der Waals surface area contributed by atoms with Crippen molar-refractivity contribution in [2.75, 3.05) is 46.9 Å². The number of nitrogens with one attached hydrogen (secondary N) is 2. The number of fused-ring (bicyclic) bond motifs is 6. The molecule has 0 aliphatic carbocycles. The van der Waals surface area contributed by atoms with Crippen molar-refractivity contribution in [1.29, 1.82) is 0 Å². The maximum absolute atomic E-state index is 14.9. The summed E-state index contributed by atoms with van der Waals surface area (Å²) in [6, 6.07) is 16.2. The monoisotopic (exact) mass is 967 g/mol. The first-order valence-electron chi connectivity index (χ1n) is 25.7. The van der Waals surface area contributed by atoms with Crippen molar-refractivity contribution in [2.24, 2.45) is 16.7 Å². The van der Waals surface area contributed by atoms with E-state index in [-0.39, 0.29) is 49.1 Å². The summed E-state index contributed by atoms with van der Waals surface area (Å²) in [5.74, 6) is 4.08. The second-order valence-electron chi connectivity index (χ2n) is 22.5. The number of carbonyl (C=O) groups is 5. The Bertz CT molecular complexity index is 2780. The highest BCUT2D eigenvalue weighted by molar-refractivity contribution is 5.98. The van der Waals surface area contributed by atoms with Gasteiger partial charge in [-0.25, -0.2) is 5.43 Å². The minimum absolute atomic E-state index is 0.156. The smallest absolute Gasteiger partial charge is 0.324 e. The number of carbonyl (C=O) groups excluding carboxylic acids is 5. The van der Waals surface area contributed by atoms with Gasteiger partial charge in [0.15, 0.2) is 0 Å². The summed E-state index contributed by atoms with van der Waals surface area (Å²) in [5.41, 5.74) is 9.73. The van der Waals surface area contributed by atoms with Gasteiger partial charge in [-0.2, -0.15) is 0 Å². The Morgan fingerprint density at radius 1 is 0.986 bits per heavy atom. The Morgan fingerprint density at radius 2 is 1.73 bits per heavy atom. The van der Waals surface area contributed by atoms with Gasteiger partial charge in [-0.05, 0) is 131 Å². The molecule has 6 heterocycles. The predicted molar refractivity (Wildman–Crippen MR) is 276 cm³/mol. The lowest BCUT2D eigenvalue weighted by Crippen LogP contribution is -2.62. The van der Waals surface area contributed by atoms with Gasteiger partial charge in [-0.15, -0.1) is 0 Å². The van der Waals surface area contributed by atoms with Crippen molar-refractivity contribution in [3.8, 4) is 34.2 Å². The molecular formula is C57H74N8O6. The maximum Gasteiger partial charge on any atom is 0.324 e. The van der Waals surface area contributed by atoms with E-state index >= 15 is 0 Å². The molecule has 3 fully saturated rings. The van der Waals surface area contributed by atoms with E-state index in [1.165, 1.54) is 10.6 Å². The minimum Gasteiger partial charge on any atom is -0.464 e. The summed E-state index contributed by atoms with van der Waals surface area (Å²) in [4.78, 5) is 81.8. The molecule has 4 aromatic rings. The minimum atomic E-state index is -1.04. The highest BCUT2D eigenvalue weighted by atomic mass is 16.5. The van der Waals surface area contributed by atoms with Crippen LogP contribution in [0.2, 0.25) is 0 Å². The number of aryl methyl sites for hydroxylation is 1. The molecule has 378 valence electrons. The van der Waals surface area contributed by atoms with Gasteiger partial charge in [0.25, 0.3) is 11.8 Å². The molecule has 4 atom stereocenters. The Kier molecular flexibility index (Phi) is 14.6. The molecule has 0 radical (unpaired) electrons. The standard InChI is InChI=1S/C57H74N8O6/c1-12-63-46-21-20-40-32-42(46)43(50(63)41-18-14-26-58-48(41)36(2)3)33-55(6,7)35-71-53(69)44-19-15-27-65(60-44)52(68)45(31-38-16-13-17-39(40)30-38)59-51(67)49(37(4)5)64-29-25-57(54(64)70)24-28-62(34-57)47(66)22-23-56(8,9)61(10)11/h13-14,16-18,20-21,26,30,32,36-37,44-45,49,60H,12,15,19,24-25,27-29,31,33-35H2,1-11H3,(H,59,67)/t44-,45-,49-,57-/m0/s1. The lowest BCUT2D eigenvalue weighted by molar-refractivity contribution is -0.155. The molecule has 2 N–H and O–H groups in total. The van der Waals surface area contributed by atoms with Gasteiger partial charge in [-0.1, -0.05) is 77.8 Å². The summed E-state index contributed by atoms with van der Waals surface area (Å²) in [5, 5.41) is 5.71. The number of cyclic esters (lactones) is 1. The average Bonchev–Trinajstić information content (AvgIpc) is 4.01. The van der Waals surface area contributed by atoms with E-state index in [0.29, 0.717) is 51.7 Å². The molecule has 14 heteroatoms. The summed E-state index contributed by atoms with van der Waals surface area (Å²) in [6.45, 7) is 20.7. The quantitative estimate of drug-likeness (QED) is 0.141. The molecule has 6 bridgehead atoms. The fourth-order valence-corrected chi connectivity index (χ4v) is 11.0. The lowest BCUT2D eigenvalue weighted by Gasteiger charge is -2.37. The third-order valence-electron chi connectivity index (χ3n) is 15.5. The number of aromatic nitrogens is 2. The number of pyridine rings is 1. The average molecular weight is 967 g/mol. The number of hydrogen-bond acceptors (Lipinski definition) is 9. The van der Waals surface area contributed by atoms with Crippen molar-refractivity contribution in [1.82, 2.24) is 40.0 Å². The molecular weight excluding hydrogens is 893 g/mol. The first kappa shape index (κ1) is 51.3. The van der Waals surface area contributed by atoms with Crippen LogP contribution in [0.15, 0.2) is 60.8 Å². The van der Waals surface area contributed by atoms with Crippen LogP contribution in [0.3, 0.4) is 0 Å². The number of hydrogen-bond donors (Lipinski definition) is 2. The zero-order chi connectivity index (χ0) is 51.2. The molecule has 4 amide bonds. The molecule has 2 aromatic heterocycles. The SMILES string of the molecule is CCn1c(-c2cccnc2C(C)C)c2c3cc(ccc31)-c1cccc(c1)C[C@H](NC(=O)[C@H](C(C)C)N1CC[C@]3(CCN(C(=O)C#CC(C)(C)N(C)C)C3)C1=O)C(=O)N1CCC[C@H](N1)C(=O)OCC(C)(C)C2. The molecule has 3 saturated heterocycles. The topological polar surface area (TPSA) is 149 Å². The van der Waals surface area contributed by atoms with E-state index in [4.69, 9.17) is 9.72 Å². The van der Waals surface area contributed by atoms with E-state index in [1.54, 1.807) is 9.80 Å². The zero-order valence-electron chi connectivity index (χ0n) is 43.8. The molecule has 71 heavy (non-hydrogen) atoms. The van der Waals surface area contributed by atoms with Crippen molar-refractivity contribution in [3.05, 3.63) is 77.6 Å². The van der Waals surface area contributed by atoms with Crippen LogP contribution < -0.4 is 10.7 Å². The fourth-order valence-electron chi connectivity index (χ4n) is 11.0. The maximum atomic E-state index is 14.9. The predicted octanol–water partition coefficient (Wildman–Crippen LogP) is 6.98. The number of benzene rings is 2. The summed E-state index contributed by atoms with van der Waals surface area (Å²) < 4.78 is 8.54. The van der Waals surface area contributed by atoms with Gasteiger partial charge in [0.2, 0.25) is 11.8 Å². The Morgan fingerprint density at radius 3 is 2.45 bits per heavy atom. The zero-order valence-corrected chi connectivity index (χ0v) is 43.8. The van der Waals surface area contributed by atoms with Crippen molar-refractivity contribution in [3.63, 3.8) is 0 Å². The third-order valence-corrected chi connectivity index (χ3v) is 15.5. The van der Waals surface area contributed by atoms with Crippen LogP contribution in [0.5, 0.6) is 0 Å². The molecule has 0 unspecified atom stereocenters. The third kappa shape index (κ3) is 10.4. The fraction of sp³-hybridized carbons (Fsp3) is 0.544. The van der Waals surface area contributed by atoms with Crippen molar-refractivity contribution < 1.29 is 28.7 Å². The highest BCUT2D eigenvalue weighted by Crippen LogP contribution is 2.44. The van der Waals surface area contributed by atoms with E-state index in [1.807, 2.05) is 71.1 Å². The van der Waals surface area contributed by atoms with Crippen LogP contribution in [-0.2, 0) is 48.1 Å². The first-order valence-corrected chi connectivity index (χ1v) is 25.7.